The van der Waals surface area contributed by atoms with Crippen molar-refractivity contribution in [2.24, 2.45) is 5.73 Å². The van der Waals surface area contributed by atoms with Crippen LogP contribution in [0.2, 0.25) is 0 Å². The molecule has 2 amide bonds. The molecular formula is C27H27N7O5. The number of para-hydroxylation sites is 1. The second-order valence-electron chi connectivity index (χ2n) is 9.18. The van der Waals surface area contributed by atoms with Crippen molar-refractivity contribution < 1.29 is 19.4 Å². The van der Waals surface area contributed by atoms with Gasteiger partial charge >= 0.3 is 6.09 Å². The number of likely N-dealkylation sites (tertiary alicyclic amines) is 1. The maximum Gasteiger partial charge on any atom is 0.407 e. The van der Waals surface area contributed by atoms with Gasteiger partial charge in [0.25, 0.3) is 5.91 Å². The highest BCUT2D eigenvalue weighted by Gasteiger charge is 2.25. The zero-order chi connectivity index (χ0) is 27.7. The van der Waals surface area contributed by atoms with Gasteiger partial charge in [-0.05, 0) is 48.6 Å². The van der Waals surface area contributed by atoms with E-state index in [4.69, 9.17) is 16.2 Å². The number of hydrogen-bond acceptors (Lipinski definition) is 8. The maximum atomic E-state index is 13.0. The number of pyridine rings is 1. The number of amides is 2. The van der Waals surface area contributed by atoms with E-state index in [2.05, 4.69) is 15.3 Å². The first-order valence-corrected chi connectivity index (χ1v) is 12.3. The topological polar surface area (TPSA) is 179 Å². The lowest BCUT2D eigenvalue weighted by molar-refractivity contribution is 0.0999. The predicted molar refractivity (Wildman–Crippen MR) is 146 cm³/mol. The summed E-state index contributed by atoms with van der Waals surface area (Å²) in [6.45, 7) is 0.966. The summed E-state index contributed by atoms with van der Waals surface area (Å²) in [4.78, 5) is 46.6. The molecule has 2 aromatic carbocycles. The standard InChI is InChI=1S/C27H27N7O5/c1-39-20-13-16(15-9-11-33(12-10-15)27(37)38)7-8-19(20)31-26-30-14-18-22(35)21(24(29)36)23(28)34(25(18)32-26)17-5-3-2-4-6-17/h2-8,13-15H,9-12,28H2,1H3,(H2,29,36)(H,37,38)(H,30,31,32). The van der Waals surface area contributed by atoms with Crippen molar-refractivity contribution >= 4 is 40.5 Å². The molecule has 3 heterocycles. The van der Waals surface area contributed by atoms with E-state index in [1.54, 1.807) is 31.4 Å². The number of fused-ring (bicyclic) bond motifs is 1. The first kappa shape index (κ1) is 25.5. The fraction of sp³-hybridized carbons (Fsp3) is 0.222. The first-order chi connectivity index (χ1) is 18.8. The number of hydrogen-bond donors (Lipinski definition) is 4. The average Bonchev–Trinajstić information content (AvgIpc) is 2.93. The number of carbonyl (C=O) groups is 2. The minimum Gasteiger partial charge on any atom is -0.495 e. The monoisotopic (exact) mass is 529 g/mol. The Labute approximate surface area is 222 Å². The molecule has 0 saturated carbocycles. The Hall–Kier alpha value is -5.13. The van der Waals surface area contributed by atoms with E-state index in [9.17, 15) is 19.5 Å². The summed E-state index contributed by atoms with van der Waals surface area (Å²) in [5, 5.41) is 12.4. The van der Waals surface area contributed by atoms with Gasteiger partial charge in [0.1, 0.15) is 17.1 Å². The fourth-order valence-corrected chi connectivity index (χ4v) is 4.91. The lowest BCUT2D eigenvalue weighted by Crippen LogP contribution is -2.36. The zero-order valence-corrected chi connectivity index (χ0v) is 21.1. The number of nitrogens with two attached hydrogens (primary N) is 2. The van der Waals surface area contributed by atoms with Crippen LogP contribution >= 0.6 is 0 Å². The van der Waals surface area contributed by atoms with Gasteiger partial charge in [-0.15, -0.1) is 0 Å². The third kappa shape index (κ3) is 4.79. The van der Waals surface area contributed by atoms with Gasteiger partial charge in [-0.25, -0.2) is 9.78 Å². The van der Waals surface area contributed by atoms with Crippen LogP contribution < -0.4 is 26.9 Å². The normalized spacial score (nSPS) is 13.8. The second kappa shape index (κ2) is 10.3. The molecule has 6 N–H and O–H groups in total. The number of piperidine rings is 1. The lowest BCUT2D eigenvalue weighted by Gasteiger charge is -2.30. The van der Waals surface area contributed by atoms with Gasteiger partial charge in [0.2, 0.25) is 11.4 Å². The molecule has 1 fully saturated rings. The predicted octanol–water partition coefficient (Wildman–Crippen LogP) is 3.07. The molecule has 0 spiro atoms. The van der Waals surface area contributed by atoms with Gasteiger partial charge < -0.3 is 31.5 Å². The van der Waals surface area contributed by atoms with Crippen LogP contribution in [0.3, 0.4) is 0 Å². The van der Waals surface area contributed by atoms with E-state index in [0.29, 0.717) is 30.2 Å². The summed E-state index contributed by atoms with van der Waals surface area (Å²) in [6, 6.07) is 14.7. The van der Waals surface area contributed by atoms with Crippen LogP contribution in [0.25, 0.3) is 16.7 Å². The van der Waals surface area contributed by atoms with E-state index in [0.717, 1.165) is 18.4 Å². The van der Waals surface area contributed by atoms with E-state index < -0.39 is 17.4 Å². The highest BCUT2D eigenvalue weighted by atomic mass is 16.5. The van der Waals surface area contributed by atoms with Crippen LogP contribution in [0.15, 0.2) is 59.5 Å². The molecule has 0 unspecified atom stereocenters. The van der Waals surface area contributed by atoms with Crippen molar-refractivity contribution in [1.82, 2.24) is 19.4 Å². The van der Waals surface area contributed by atoms with Crippen molar-refractivity contribution in [2.75, 3.05) is 31.2 Å². The number of nitrogens with one attached hydrogen (secondary N) is 1. The van der Waals surface area contributed by atoms with Crippen LogP contribution in [0.4, 0.5) is 22.2 Å². The van der Waals surface area contributed by atoms with Gasteiger partial charge in [-0.3, -0.25) is 14.2 Å². The Kier molecular flexibility index (Phi) is 6.75. The molecule has 0 atom stereocenters. The number of primary amides is 1. The highest BCUT2D eigenvalue weighted by Crippen LogP contribution is 2.35. The molecule has 0 radical (unpaired) electrons. The van der Waals surface area contributed by atoms with E-state index in [1.165, 1.54) is 15.7 Å². The van der Waals surface area contributed by atoms with Crippen molar-refractivity contribution in [3.8, 4) is 11.4 Å². The van der Waals surface area contributed by atoms with Crippen molar-refractivity contribution in [1.29, 1.82) is 0 Å². The van der Waals surface area contributed by atoms with Gasteiger partial charge in [-0.2, -0.15) is 4.98 Å². The quantitative estimate of drug-likeness (QED) is 0.292. The molecule has 2 aromatic heterocycles. The Morgan fingerprint density at radius 3 is 2.49 bits per heavy atom. The fourth-order valence-electron chi connectivity index (χ4n) is 4.91. The molecule has 1 aliphatic rings. The highest BCUT2D eigenvalue weighted by molar-refractivity contribution is 6.01. The zero-order valence-electron chi connectivity index (χ0n) is 21.1. The van der Waals surface area contributed by atoms with Crippen LogP contribution in [-0.2, 0) is 0 Å². The summed E-state index contributed by atoms with van der Waals surface area (Å²) in [6.07, 6.45) is 1.88. The molecule has 5 rings (SSSR count). The molecule has 0 aliphatic carbocycles. The second-order valence-corrected chi connectivity index (χ2v) is 9.18. The summed E-state index contributed by atoms with van der Waals surface area (Å²) >= 11 is 0. The minimum absolute atomic E-state index is 0.0856. The lowest BCUT2D eigenvalue weighted by atomic mass is 9.89. The Balaban J connectivity index is 1.52. The number of ether oxygens (including phenoxy) is 1. The number of methoxy groups -OCH3 is 1. The van der Waals surface area contributed by atoms with Crippen molar-refractivity contribution in [3.63, 3.8) is 0 Å². The molecular weight excluding hydrogens is 502 g/mol. The van der Waals surface area contributed by atoms with Crippen molar-refractivity contribution in [2.45, 2.75) is 18.8 Å². The molecule has 39 heavy (non-hydrogen) atoms. The molecule has 200 valence electrons. The van der Waals surface area contributed by atoms with Crippen LogP contribution in [0.1, 0.15) is 34.7 Å². The molecule has 4 aromatic rings. The summed E-state index contributed by atoms with van der Waals surface area (Å²) in [5.74, 6) is -0.112. The average molecular weight is 530 g/mol. The van der Waals surface area contributed by atoms with Gasteiger partial charge in [0.15, 0.2) is 5.65 Å². The summed E-state index contributed by atoms with van der Waals surface area (Å²) < 4.78 is 7.11. The minimum atomic E-state index is -0.940. The van der Waals surface area contributed by atoms with Crippen LogP contribution in [-0.4, -0.2) is 56.7 Å². The molecule has 1 aliphatic heterocycles. The first-order valence-electron chi connectivity index (χ1n) is 12.3. The third-order valence-electron chi connectivity index (χ3n) is 6.92. The Morgan fingerprint density at radius 1 is 1.13 bits per heavy atom. The van der Waals surface area contributed by atoms with E-state index >= 15 is 0 Å². The number of carbonyl (C=O) groups excluding carboxylic acids is 1. The number of aromatic nitrogens is 3. The molecule has 12 nitrogen and oxygen atoms in total. The third-order valence-corrected chi connectivity index (χ3v) is 6.92. The number of benzene rings is 2. The SMILES string of the molecule is COc1cc(C2CCN(C(=O)O)CC2)ccc1Nc1ncc2c(=O)c(C(N)=O)c(N)n(-c3ccccc3)c2n1. The Morgan fingerprint density at radius 2 is 1.85 bits per heavy atom. The van der Waals surface area contributed by atoms with Crippen LogP contribution in [0, 0.1) is 0 Å². The number of anilines is 3. The van der Waals surface area contributed by atoms with Gasteiger partial charge in [0, 0.05) is 25.0 Å². The van der Waals surface area contributed by atoms with Gasteiger partial charge in [0.05, 0.1) is 18.2 Å². The molecule has 12 heteroatoms. The van der Waals surface area contributed by atoms with Crippen molar-refractivity contribution in [3.05, 3.63) is 76.1 Å². The Bertz CT molecular complexity index is 1630. The maximum absolute atomic E-state index is 13.0. The number of rotatable bonds is 6. The summed E-state index contributed by atoms with van der Waals surface area (Å²) in [7, 11) is 1.55. The summed E-state index contributed by atoms with van der Waals surface area (Å²) in [5.41, 5.74) is 13.2. The van der Waals surface area contributed by atoms with Gasteiger partial charge in [-0.1, -0.05) is 24.3 Å². The number of carboxylic acid groups (broad SMARTS) is 1. The van der Waals surface area contributed by atoms with E-state index in [-0.39, 0.29) is 34.3 Å². The smallest absolute Gasteiger partial charge is 0.407 e. The molecule has 1 saturated heterocycles. The molecule has 0 bridgehead atoms. The number of nitrogens with zero attached hydrogens (tertiary/aromatic N) is 4. The van der Waals surface area contributed by atoms with E-state index in [1.807, 2.05) is 24.3 Å². The number of nitrogen functional groups attached to an aromatic ring is 1. The van der Waals surface area contributed by atoms with Crippen LogP contribution in [0.5, 0.6) is 5.75 Å². The largest absolute Gasteiger partial charge is 0.495 e.